The Bertz CT molecular complexity index is 989. The third-order valence-electron chi connectivity index (χ3n) is 5.29. The van der Waals surface area contributed by atoms with Crippen LogP contribution < -0.4 is 4.90 Å². The topological polar surface area (TPSA) is 79.2 Å². The molecule has 1 aromatic heterocycles. The van der Waals surface area contributed by atoms with Crippen molar-refractivity contribution >= 4 is 28.2 Å². The molecule has 0 saturated heterocycles. The van der Waals surface area contributed by atoms with Gasteiger partial charge in [0.2, 0.25) is 0 Å². The maximum absolute atomic E-state index is 13.5. The second-order valence-electron chi connectivity index (χ2n) is 6.99. The lowest BCUT2D eigenvalue weighted by Gasteiger charge is -2.34. The van der Waals surface area contributed by atoms with Gasteiger partial charge in [0.25, 0.3) is 11.6 Å². The van der Waals surface area contributed by atoms with Crippen LogP contribution >= 0.6 is 0 Å². The van der Waals surface area contributed by atoms with Gasteiger partial charge in [-0.3, -0.25) is 14.9 Å². The number of benzene rings is 2. The molecule has 1 fully saturated rings. The number of nitro benzene ring substituents is 1. The maximum Gasteiger partial charge on any atom is 0.270 e. The molecule has 1 N–H and O–H groups in total. The van der Waals surface area contributed by atoms with Gasteiger partial charge < -0.3 is 9.88 Å². The number of aromatic nitrogens is 1. The normalized spacial score (nSPS) is 15.0. The summed E-state index contributed by atoms with van der Waals surface area (Å²) in [5.74, 6) is -0.185. The molecule has 27 heavy (non-hydrogen) atoms. The Kier molecular flexibility index (Phi) is 4.62. The number of carbonyl (C=O) groups excluding carboxylic acids is 1. The van der Waals surface area contributed by atoms with E-state index in [0.29, 0.717) is 5.56 Å². The highest BCUT2D eigenvalue weighted by molar-refractivity contribution is 6.11. The molecule has 1 saturated carbocycles. The fourth-order valence-electron chi connectivity index (χ4n) is 3.96. The Labute approximate surface area is 157 Å². The molecule has 1 aliphatic rings. The van der Waals surface area contributed by atoms with Crippen molar-refractivity contribution < 1.29 is 9.72 Å². The van der Waals surface area contributed by atoms with E-state index >= 15 is 0 Å². The largest absolute Gasteiger partial charge is 0.359 e. The second-order valence-corrected chi connectivity index (χ2v) is 6.99. The number of nitrogens with one attached hydrogen (secondary N) is 1. The number of nitrogens with zero attached hydrogens (tertiary/aromatic N) is 2. The number of nitro groups is 1. The zero-order valence-electron chi connectivity index (χ0n) is 14.9. The molecule has 0 spiro atoms. The van der Waals surface area contributed by atoms with Crippen LogP contribution in [0, 0.1) is 10.1 Å². The van der Waals surface area contributed by atoms with Crippen molar-refractivity contribution in [3.8, 4) is 0 Å². The molecule has 0 aliphatic heterocycles. The van der Waals surface area contributed by atoms with Gasteiger partial charge >= 0.3 is 0 Å². The lowest BCUT2D eigenvalue weighted by Crippen LogP contribution is -2.41. The summed E-state index contributed by atoms with van der Waals surface area (Å²) in [6.07, 6.45) is 7.12. The van der Waals surface area contributed by atoms with E-state index in [0.717, 1.165) is 42.3 Å². The maximum atomic E-state index is 13.5. The Morgan fingerprint density at radius 1 is 1.07 bits per heavy atom. The van der Waals surface area contributed by atoms with E-state index in [9.17, 15) is 14.9 Å². The molecule has 1 aliphatic carbocycles. The number of amides is 1. The Morgan fingerprint density at radius 3 is 2.63 bits per heavy atom. The lowest BCUT2D eigenvalue weighted by atomic mass is 9.93. The van der Waals surface area contributed by atoms with E-state index < -0.39 is 4.92 Å². The van der Waals surface area contributed by atoms with Crippen LogP contribution in [0.15, 0.2) is 54.7 Å². The van der Waals surface area contributed by atoms with Gasteiger partial charge in [0.05, 0.1) is 10.6 Å². The molecule has 138 valence electrons. The third kappa shape index (κ3) is 3.30. The summed E-state index contributed by atoms with van der Waals surface area (Å²) in [7, 11) is 0. The first-order chi connectivity index (χ1) is 13.1. The molecule has 4 rings (SSSR count). The average molecular weight is 363 g/mol. The SMILES string of the molecule is O=C(c1cccc([N+](=O)[O-])c1)N(c1c[nH]c2ccccc12)C1CCCCC1. The van der Waals surface area contributed by atoms with Crippen molar-refractivity contribution in [1.29, 1.82) is 0 Å². The number of rotatable bonds is 4. The summed E-state index contributed by atoms with van der Waals surface area (Å²) in [5, 5.41) is 12.1. The first-order valence-corrected chi connectivity index (χ1v) is 9.29. The number of fused-ring (bicyclic) bond motifs is 1. The standard InChI is InChI=1S/C21H21N3O3/c25-21(15-7-6-10-17(13-15)24(26)27)23(16-8-2-1-3-9-16)20-14-22-19-12-5-4-11-18(19)20/h4-7,10-14,16,22H,1-3,8-9H2. The smallest absolute Gasteiger partial charge is 0.270 e. The number of para-hydroxylation sites is 1. The van der Waals surface area contributed by atoms with Gasteiger partial charge in [-0.25, -0.2) is 0 Å². The van der Waals surface area contributed by atoms with Gasteiger partial charge in [0.15, 0.2) is 0 Å². The number of hydrogen-bond acceptors (Lipinski definition) is 3. The van der Waals surface area contributed by atoms with Crippen LogP contribution in [0.3, 0.4) is 0 Å². The van der Waals surface area contributed by atoms with Gasteiger partial charge in [-0.2, -0.15) is 0 Å². The van der Waals surface area contributed by atoms with Crippen LogP contribution in [0.5, 0.6) is 0 Å². The number of non-ortho nitro benzene ring substituents is 1. The summed E-state index contributed by atoms with van der Waals surface area (Å²) in [6.45, 7) is 0. The summed E-state index contributed by atoms with van der Waals surface area (Å²) in [6, 6.07) is 14.0. The molecule has 6 nitrogen and oxygen atoms in total. The lowest BCUT2D eigenvalue weighted by molar-refractivity contribution is -0.384. The predicted octanol–water partition coefficient (Wildman–Crippen LogP) is 5.06. The van der Waals surface area contributed by atoms with Crippen molar-refractivity contribution in [2.45, 2.75) is 38.1 Å². The molecule has 0 radical (unpaired) electrons. The van der Waals surface area contributed by atoms with Gasteiger partial charge in [0, 0.05) is 40.8 Å². The highest BCUT2D eigenvalue weighted by Crippen LogP contribution is 2.34. The van der Waals surface area contributed by atoms with E-state index in [1.807, 2.05) is 35.4 Å². The van der Waals surface area contributed by atoms with Crippen molar-refractivity contribution in [3.63, 3.8) is 0 Å². The summed E-state index contributed by atoms with van der Waals surface area (Å²) >= 11 is 0. The summed E-state index contributed by atoms with van der Waals surface area (Å²) in [4.78, 5) is 29.2. The quantitative estimate of drug-likeness (QED) is 0.520. The molecule has 6 heteroatoms. The molecule has 0 unspecified atom stereocenters. The van der Waals surface area contributed by atoms with Crippen LogP contribution in [0.1, 0.15) is 42.5 Å². The predicted molar refractivity (Wildman–Crippen MR) is 105 cm³/mol. The van der Waals surface area contributed by atoms with E-state index in [-0.39, 0.29) is 17.6 Å². The molecule has 3 aromatic rings. The van der Waals surface area contributed by atoms with Gasteiger partial charge in [0.1, 0.15) is 0 Å². The molecule has 2 aromatic carbocycles. The third-order valence-corrected chi connectivity index (χ3v) is 5.29. The number of carbonyl (C=O) groups is 1. The fourth-order valence-corrected chi connectivity index (χ4v) is 3.96. The average Bonchev–Trinajstić information content (AvgIpc) is 3.13. The molecule has 1 amide bonds. The minimum atomic E-state index is -0.465. The first kappa shape index (κ1) is 17.3. The van der Waals surface area contributed by atoms with Crippen molar-refractivity contribution in [2.75, 3.05) is 4.90 Å². The minimum Gasteiger partial charge on any atom is -0.359 e. The molecule has 1 heterocycles. The molecular formula is C21H21N3O3. The highest BCUT2D eigenvalue weighted by atomic mass is 16.6. The Morgan fingerprint density at radius 2 is 1.85 bits per heavy atom. The number of H-pyrrole nitrogens is 1. The molecule has 0 atom stereocenters. The van der Waals surface area contributed by atoms with E-state index in [2.05, 4.69) is 4.98 Å². The van der Waals surface area contributed by atoms with Crippen LogP contribution in [0.2, 0.25) is 0 Å². The Balaban J connectivity index is 1.79. The second kappa shape index (κ2) is 7.23. The van der Waals surface area contributed by atoms with E-state index in [1.54, 1.807) is 12.1 Å². The van der Waals surface area contributed by atoms with Crippen LogP contribution in [0.25, 0.3) is 10.9 Å². The van der Waals surface area contributed by atoms with E-state index in [1.165, 1.54) is 18.6 Å². The van der Waals surface area contributed by atoms with Crippen molar-refractivity contribution in [2.24, 2.45) is 0 Å². The fraction of sp³-hybridized carbons (Fsp3) is 0.286. The first-order valence-electron chi connectivity index (χ1n) is 9.29. The van der Waals surface area contributed by atoms with Crippen LogP contribution in [-0.4, -0.2) is 21.9 Å². The van der Waals surface area contributed by atoms with Crippen molar-refractivity contribution in [3.05, 3.63) is 70.4 Å². The van der Waals surface area contributed by atoms with Crippen LogP contribution in [0.4, 0.5) is 11.4 Å². The van der Waals surface area contributed by atoms with Gasteiger partial charge in [-0.05, 0) is 25.0 Å². The minimum absolute atomic E-state index is 0.0663. The zero-order valence-corrected chi connectivity index (χ0v) is 14.9. The molecular weight excluding hydrogens is 342 g/mol. The summed E-state index contributed by atoms with van der Waals surface area (Å²) < 4.78 is 0. The number of aromatic amines is 1. The van der Waals surface area contributed by atoms with E-state index in [4.69, 9.17) is 0 Å². The number of hydrogen-bond donors (Lipinski definition) is 1. The summed E-state index contributed by atoms with van der Waals surface area (Å²) in [5.41, 5.74) is 2.09. The Hall–Kier alpha value is -3.15. The van der Waals surface area contributed by atoms with Crippen LogP contribution in [-0.2, 0) is 0 Å². The molecule has 0 bridgehead atoms. The van der Waals surface area contributed by atoms with Gasteiger partial charge in [-0.15, -0.1) is 0 Å². The zero-order chi connectivity index (χ0) is 18.8. The van der Waals surface area contributed by atoms with Gasteiger partial charge in [-0.1, -0.05) is 43.5 Å². The highest BCUT2D eigenvalue weighted by Gasteiger charge is 2.30. The number of anilines is 1. The monoisotopic (exact) mass is 363 g/mol. The van der Waals surface area contributed by atoms with Crippen molar-refractivity contribution in [1.82, 2.24) is 4.98 Å².